The van der Waals surface area contributed by atoms with Gasteiger partial charge in [-0.15, -0.1) is 0 Å². The summed E-state index contributed by atoms with van der Waals surface area (Å²) in [6.45, 7) is 11.8. The van der Waals surface area contributed by atoms with Crippen LogP contribution in [-0.4, -0.2) is 25.7 Å². The summed E-state index contributed by atoms with van der Waals surface area (Å²) in [7, 11) is 0. The first-order chi connectivity index (χ1) is 13.3. The van der Waals surface area contributed by atoms with Crippen LogP contribution in [0.1, 0.15) is 46.4 Å². The quantitative estimate of drug-likeness (QED) is 0.731. The van der Waals surface area contributed by atoms with Crippen LogP contribution in [0.4, 0.5) is 5.69 Å². The number of carbonyl (C=O) groups excluding carboxylic acids is 1. The summed E-state index contributed by atoms with van der Waals surface area (Å²) in [5.41, 5.74) is 7.51. The van der Waals surface area contributed by atoms with Crippen LogP contribution in [0.25, 0.3) is 5.95 Å². The lowest BCUT2D eigenvalue weighted by Gasteiger charge is -2.13. The van der Waals surface area contributed by atoms with Gasteiger partial charge in [0.15, 0.2) is 0 Å². The molecule has 3 rings (SSSR count). The van der Waals surface area contributed by atoms with E-state index < -0.39 is 0 Å². The summed E-state index contributed by atoms with van der Waals surface area (Å²) < 4.78 is 1.73. The summed E-state index contributed by atoms with van der Waals surface area (Å²) in [5, 5.41) is 7.68. The third kappa shape index (κ3) is 3.96. The molecule has 0 atom stereocenters. The van der Waals surface area contributed by atoms with Gasteiger partial charge in [-0.25, -0.2) is 14.6 Å². The van der Waals surface area contributed by atoms with Crippen molar-refractivity contribution in [1.82, 2.24) is 19.7 Å². The first-order valence-electron chi connectivity index (χ1n) is 9.56. The summed E-state index contributed by atoms with van der Waals surface area (Å²) >= 11 is 0. The number of anilines is 1. The molecule has 1 N–H and O–H groups in total. The van der Waals surface area contributed by atoms with Crippen LogP contribution in [-0.2, 0) is 17.6 Å². The van der Waals surface area contributed by atoms with Crippen molar-refractivity contribution in [2.45, 2.75) is 54.4 Å². The van der Waals surface area contributed by atoms with Crippen molar-refractivity contribution >= 4 is 11.6 Å². The van der Waals surface area contributed by atoms with Crippen LogP contribution >= 0.6 is 0 Å². The minimum Gasteiger partial charge on any atom is -0.325 e. The summed E-state index contributed by atoms with van der Waals surface area (Å²) in [5.74, 6) is 0.494. The molecule has 0 radical (unpaired) electrons. The predicted molar refractivity (Wildman–Crippen MR) is 111 cm³/mol. The fourth-order valence-corrected chi connectivity index (χ4v) is 3.47. The van der Waals surface area contributed by atoms with Gasteiger partial charge in [0.1, 0.15) is 0 Å². The summed E-state index contributed by atoms with van der Waals surface area (Å²) in [4.78, 5) is 21.8. The van der Waals surface area contributed by atoms with Crippen molar-refractivity contribution in [3.8, 4) is 5.95 Å². The van der Waals surface area contributed by atoms with Crippen molar-refractivity contribution in [1.29, 1.82) is 0 Å². The van der Waals surface area contributed by atoms with Crippen molar-refractivity contribution in [3.63, 3.8) is 0 Å². The maximum atomic E-state index is 12.8. The Balaban J connectivity index is 1.88. The Bertz CT molecular complexity index is 1020. The Kier molecular flexibility index (Phi) is 5.58. The highest BCUT2D eigenvalue weighted by Crippen LogP contribution is 2.22. The number of aryl methyl sites for hydroxylation is 5. The molecule has 0 spiro atoms. The molecular formula is C22H27N5O. The van der Waals surface area contributed by atoms with Gasteiger partial charge in [-0.2, -0.15) is 5.10 Å². The highest BCUT2D eigenvalue weighted by Gasteiger charge is 2.18. The Morgan fingerprint density at radius 2 is 1.75 bits per heavy atom. The van der Waals surface area contributed by atoms with Crippen LogP contribution in [0.5, 0.6) is 0 Å². The SMILES string of the molecule is CCc1cccc(C)c1NC(=O)Cc1c(C)nn(-c2nc(C)cc(C)n2)c1C. The molecule has 6 nitrogen and oxygen atoms in total. The van der Waals surface area contributed by atoms with E-state index in [1.807, 2.05) is 52.8 Å². The number of nitrogens with zero attached hydrogens (tertiary/aromatic N) is 4. The Morgan fingerprint density at radius 3 is 2.39 bits per heavy atom. The van der Waals surface area contributed by atoms with E-state index in [0.29, 0.717) is 5.95 Å². The van der Waals surface area contributed by atoms with Crippen LogP contribution in [0.15, 0.2) is 24.3 Å². The van der Waals surface area contributed by atoms with Crippen LogP contribution < -0.4 is 5.32 Å². The maximum Gasteiger partial charge on any atom is 0.251 e. The number of amides is 1. The first-order valence-corrected chi connectivity index (χ1v) is 9.56. The number of carbonyl (C=O) groups is 1. The minimum atomic E-state index is -0.0453. The van der Waals surface area contributed by atoms with E-state index in [1.165, 1.54) is 0 Å². The van der Waals surface area contributed by atoms with Crippen molar-refractivity contribution in [3.05, 3.63) is 63.7 Å². The second kappa shape index (κ2) is 7.92. The third-order valence-corrected chi connectivity index (χ3v) is 4.94. The maximum absolute atomic E-state index is 12.8. The van der Waals surface area contributed by atoms with Crippen molar-refractivity contribution in [2.24, 2.45) is 0 Å². The molecule has 28 heavy (non-hydrogen) atoms. The number of para-hydroxylation sites is 1. The number of hydrogen-bond acceptors (Lipinski definition) is 4. The Hall–Kier alpha value is -3.02. The molecule has 0 saturated carbocycles. The molecule has 3 aromatic rings. The zero-order chi connectivity index (χ0) is 20.4. The van der Waals surface area contributed by atoms with Crippen LogP contribution in [0, 0.1) is 34.6 Å². The van der Waals surface area contributed by atoms with Gasteiger partial charge in [-0.1, -0.05) is 25.1 Å². The lowest BCUT2D eigenvalue weighted by molar-refractivity contribution is -0.115. The molecule has 0 aliphatic carbocycles. The van der Waals surface area contributed by atoms with Gasteiger partial charge in [0.05, 0.1) is 12.1 Å². The molecule has 2 heterocycles. The van der Waals surface area contributed by atoms with E-state index in [9.17, 15) is 4.79 Å². The molecule has 0 bridgehead atoms. The van der Waals surface area contributed by atoms with E-state index in [0.717, 1.165) is 51.6 Å². The fourth-order valence-electron chi connectivity index (χ4n) is 3.47. The Labute approximate surface area is 166 Å². The normalized spacial score (nSPS) is 10.9. The topological polar surface area (TPSA) is 72.7 Å². The molecule has 6 heteroatoms. The van der Waals surface area contributed by atoms with E-state index in [4.69, 9.17) is 0 Å². The van der Waals surface area contributed by atoms with E-state index in [1.54, 1.807) is 4.68 Å². The third-order valence-electron chi connectivity index (χ3n) is 4.94. The van der Waals surface area contributed by atoms with Crippen LogP contribution in [0.2, 0.25) is 0 Å². The van der Waals surface area contributed by atoms with Gasteiger partial charge < -0.3 is 5.32 Å². The lowest BCUT2D eigenvalue weighted by Crippen LogP contribution is -2.17. The largest absolute Gasteiger partial charge is 0.325 e. The molecule has 0 unspecified atom stereocenters. The fraction of sp³-hybridized carbons (Fsp3) is 0.364. The molecule has 0 aliphatic rings. The first kappa shape index (κ1) is 19.7. The highest BCUT2D eigenvalue weighted by atomic mass is 16.1. The molecule has 0 fully saturated rings. The Morgan fingerprint density at radius 1 is 1.07 bits per heavy atom. The van der Waals surface area contributed by atoms with E-state index >= 15 is 0 Å². The average Bonchev–Trinajstić information content (AvgIpc) is 2.91. The van der Waals surface area contributed by atoms with Gasteiger partial charge in [0, 0.05) is 28.3 Å². The molecular weight excluding hydrogens is 350 g/mol. The number of nitrogens with one attached hydrogen (secondary N) is 1. The van der Waals surface area contributed by atoms with Gasteiger partial charge in [0.2, 0.25) is 5.91 Å². The second-order valence-electron chi connectivity index (χ2n) is 7.20. The zero-order valence-electron chi connectivity index (χ0n) is 17.4. The minimum absolute atomic E-state index is 0.0453. The number of rotatable bonds is 5. The molecule has 1 aromatic carbocycles. The van der Waals surface area contributed by atoms with Gasteiger partial charge in [0.25, 0.3) is 5.95 Å². The molecule has 146 valence electrons. The van der Waals surface area contributed by atoms with E-state index in [2.05, 4.69) is 33.4 Å². The standard InChI is InChI=1S/C22H27N5O/c1-7-18-10-8-9-13(2)21(18)25-20(28)12-19-16(5)26-27(17(19)6)22-23-14(3)11-15(4)24-22/h8-11H,7,12H2,1-6H3,(H,25,28). The molecule has 0 saturated heterocycles. The van der Waals surface area contributed by atoms with Crippen LogP contribution in [0.3, 0.4) is 0 Å². The average molecular weight is 377 g/mol. The predicted octanol–water partition coefficient (Wildman–Crippen LogP) is 3.95. The molecule has 0 aliphatic heterocycles. The highest BCUT2D eigenvalue weighted by molar-refractivity contribution is 5.94. The van der Waals surface area contributed by atoms with Gasteiger partial charge in [-0.05, 0) is 58.2 Å². The summed E-state index contributed by atoms with van der Waals surface area (Å²) in [6.07, 6.45) is 1.14. The molecule has 2 aromatic heterocycles. The van der Waals surface area contributed by atoms with Crippen molar-refractivity contribution in [2.75, 3.05) is 5.32 Å². The monoisotopic (exact) mass is 377 g/mol. The lowest BCUT2D eigenvalue weighted by atomic mass is 10.0. The summed E-state index contributed by atoms with van der Waals surface area (Å²) in [6, 6.07) is 8.01. The van der Waals surface area contributed by atoms with Gasteiger partial charge in [-0.3, -0.25) is 4.79 Å². The molecule has 1 amide bonds. The zero-order valence-corrected chi connectivity index (χ0v) is 17.4. The second-order valence-corrected chi connectivity index (χ2v) is 7.20. The number of hydrogen-bond donors (Lipinski definition) is 1. The van der Waals surface area contributed by atoms with E-state index in [-0.39, 0.29) is 12.3 Å². The van der Waals surface area contributed by atoms with Crippen molar-refractivity contribution < 1.29 is 4.79 Å². The van der Waals surface area contributed by atoms with Gasteiger partial charge >= 0.3 is 0 Å². The smallest absolute Gasteiger partial charge is 0.251 e. The number of benzene rings is 1. The number of aromatic nitrogens is 4.